The molecule has 0 radical (unpaired) electrons. The standard InChI is InChI=1S/C13H24N2O2.C11H20N2O3.C9H18N2O2.C9H17N.CH4/c1-12(2,3)17-11(16)14-7-9-15(10-8-14)13(4)5-6-13;1-9(14)12-5-7-13(8-6-12)10(15)16-11(2,3)4;1-9(2,3)13-8(12)11-6-4-10-5-7-11;1-9(5-6-9)10-7-3-2-4-8-10;/h5-10H2,1-4H3;5-8H2,1-4H3;10H,4-7H2,1-3H3;2-8H2,1H3;1H4. The van der Waals surface area contributed by atoms with E-state index in [1.807, 2.05) is 67.2 Å². The van der Waals surface area contributed by atoms with E-state index in [0.717, 1.165) is 52.4 Å². The molecule has 4 amide bonds. The number of nitrogens with one attached hydrogen (secondary N) is 1. The van der Waals surface area contributed by atoms with Crippen molar-refractivity contribution in [2.24, 2.45) is 0 Å². The summed E-state index contributed by atoms with van der Waals surface area (Å²) in [5.41, 5.74) is -0.159. The van der Waals surface area contributed by atoms with Crippen molar-refractivity contribution < 1.29 is 33.4 Å². The van der Waals surface area contributed by atoms with Gasteiger partial charge in [-0.3, -0.25) is 14.6 Å². The van der Waals surface area contributed by atoms with E-state index < -0.39 is 11.2 Å². The molecule has 1 N–H and O–H groups in total. The smallest absolute Gasteiger partial charge is 0.410 e. The summed E-state index contributed by atoms with van der Waals surface area (Å²) >= 11 is 0. The highest BCUT2D eigenvalue weighted by Gasteiger charge is 2.45. The Hall–Kier alpha value is -2.84. The molecule has 6 rings (SSSR count). The van der Waals surface area contributed by atoms with Crippen LogP contribution in [0.4, 0.5) is 14.4 Å². The second kappa shape index (κ2) is 21.4. The highest BCUT2D eigenvalue weighted by molar-refractivity contribution is 5.74. The second-order valence-electron chi connectivity index (χ2n) is 19.7. The van der Waals surface area contributed by atoms with Crippen molar-refractivity contribution in [2.75, 3.05) is 91.6 Å². The average molecular weight is 810 g/mol. The molecule has 0 atom stereocenters. The SMILES string of the molecule is C.CC(=O)N1CCN(C(=O)OC(C)(C)C)CC1.CC(C)(C)OC(=O)N1CCN(C2(C)CC2)CC1.CC(C)(C)OC(=O)N1CCNCC1.CC1(N2CCCCC2)CC1. The van der Waals surface area contributed by atoms with E-state index in [2.05, 4.69) is 29.0 Å². The largest absolute Gasteiger partial charge is 0.444 e. The molecule has 4 aliphatic heterocycles. The van der Waals surface area contributed by atoms with Crippen molar-refractivity contribution >= 4 is 24.2 Å². The Kier molecular flexibility index (Phi) is 18.9. The summed E-state index contributed by atoms with van der Waals surface area (Å²) in [5.74, 6) is 0.0591. The maximum absolute atomic E-state index is 11.9. The minimum Gasteiger partial charge on any atom is -0.444 e. The molecule has 0 aromatic carbocycles. The predicted molar refractivity (Wildman–Crippen MR) is 228 cm³/mol. The Morgan fingerprint density at radius 1 is 0.456 bits per heavy atom. The summed E-state index contributed by atoms with van der Waals surface area (Å²) < 4.78 is 15.9. The minimum atomic E-state index is -0.463. The lowest BCUT2D eigenvalue weighted by Crippen LogP contribution is -2.53. The molecule has 2 saturated carbocycles. The molecule has 4 heterocycles. The van der Waals surface area contributed by atoms with Gasteiger partial charge in [-0.05, 0) is 128 Å². The maximum Gasteiger partial charge on any atom is 0.410 e. The fourth-order valence-corrected chi connectivity index (χ4v) is 6.89. The van der Waals surface area contributed by atoms with Gasteiger partial charge in [0.2, 0.25) is 5.91 Å². The van der Waals surface area contributed by atoms with Crippen LogP contribution >= 0.6 is 0 Å². The summed E-state index contributed by atoms with van der Waals surface area (Å²) in [5, 5.41) is 3.18. The van der Waals surface area contributed by atoms with Gasteiger partial charge in [-0.15, -0.1) is 0 Å². The van der Waals surface area contributed by atoms with Gasteiger partial charge in [0.25, 0.3) is 0 Å². The lowest BCUT2D eigenvalue weighted by atomic mass is 10.1. The van der Waals surface area contributed by atoms with Crippen LogP contribution in [0.25, 0.3) is 0 Å². The summed E-state index contributed by atoms with van der Waals surface area (Å²) in [6.07, 6.45) is 9.19. The normalized spacial score (nSPS) is 22.0. The summed E-state index contributed by atoms with van der Waals surface area (Å²) in [7, 11) is 0. The predicted octanol–water partition coefficient (Wildman–Crippen LogP) is 6.66. The fraction of sp³-hybridized carbons (Fsp3) is 0.907. The lowest BCUT2D eigenvalue weighted by molar-refractivity contribution is -0.130. The summed E-state index contributed by atoms with van der Waals surface area (Å²) in [6, 6.07) is 0. The topological polar surface area (TPSA) is 127 Å². The molecule has 0 bridgehead atoms. The number of rotatable bonds is 2. The van der Waals surface area contributed by atoms with Crippen LogP contribution < -0.4 is 5.32 Å². The highest BCUT2D eigenvalue weighted by atomic mass is 16.6. The van der Waals surface area contributed by atoms with Crippen LogP contribution in [0.1, 0.15) is 135 Å². The van der Waals surface area contributed by atoms with Crippen molar-refractivity contribution in [3.05, 3.63) is 0 Å². The van der Waals surface area contributed by atoms with Crippen molar-refractivity contribution in [3.63, 3.8) is 0 Å². The number of nitrogens with zero attached hydrogens (tertiary/aromatic N) is 6. The third kappa shape index (κ3) is 18.7. The third-order valence-electron chi connectivity index (χ3n) is 10.9. The molecule has 57 heavy (non-hydrogen) atoms. The number of carbonyl (C=O) groups is 4. The van der Waals surface area contributed by atoms with Crippen molar-refractivity contribution in [3.8, 4) is 0 Å². The fourth-order valence-electron chi connectivity index (χ4n) is 6.89. The zero-order valence-electron chi connectivity index (χ0n) is 37.4. The molecule has 14 heteroatoms. The second-order valence-corrected chi connectivity index (χ2v) is 19.7. The van der Waals surface area contributed by atoms with Gasteiger partial charge in [0.1, 0.15) is 16.8 Å². The third-order valence-corrected chi connectivity index (χ3v) is 10.9. The summed E-state index contributed by atoms with van der Waals surface area (Å²) in [4.78, 5) is 58.3. The number of hydrogen-bond donors (Lipinski definition) is 1. The first-order valence-corrected chi connectivity index (χ1v) is 21.3. The molecule has 2 aliphatic carbocycles. The number of amides is 4. The van der Waals surface area contributed by atoms with Gasteiger partial charge < -0.3 is 39.1 Å². The maximum atomic E-state index is 11.9. The monoisotopic (exact) mass is 810 g/mol. The van der Waals surface area contributed by atoms with Crippen LogP contribution in [-0.2, 0) is 19.0 Å². The first-order chi connectivity index (χ1) is 25.9. The van der Waals surface area contributed by atoms with Gasteiger partial charge in [0.15, 0.2) is 0 Å². The molecule has 332 valence electrons. The van der Waals surface area contributed by atoms with Crippen LogP contribution in [0.3, 0.4) is 0 Å². The van der Waals surface area contributed by atoms with Gasteiger partial charge in [-0.2, -0.15) is 0 Å². The molecule has 0 spiro atoms. The Labute approximate surface area is 346 Å². The van der Waals surface area contributed by atoms with E-state index in [4.69, 9.17) is 14.2 Å². The average Bonchev–Trinajstić information content (AvgIpc) is 4.06. The van der Waals surface area contributed by atoms with E-state index >= 15 is 0 Å². The molecular formula is C43H83N7O7. The molecule has 0 aromatic rings. The van der Waals surface area contributed by atoms with Crippen LogP contribution in [-0.4, -0.2) is 173 Å². The molecule has 6 fully saturated rings. The van der Waals surface area contributed by atoms with Crippen LogP contribution in [0.15, 0.2) is 0 Å². The van der Waals surface area contributed by atoms with Gasteiger partial charge >= 0.3 is 18.3 Å². The van der Waals surface area contributed by atoms with Gasteiger partial charge in [0.05, 0.1) is 0 Å². The molecule has 0 unspecified atom stereocenters. The number of piperazine rings is 3. The Bertz CT molecular complexity index is 1260. The van der Waals surface area contributed by atoms with Crippen molar-refractivity contribution in [1.29, 1.82) is 0 Å². The van der Waals surface area contributed by atoms with Gasteiger partial charge in [-0.25, -0.2) is 14.4 Å². The van der Waals surface area contributed by atoms with E-state index in [1.54, 1.807) is 21.6 Å². The Morgan fingerprint density at radius 3 is 1.07 bits per heavy atom. The number of carbonyl (C=O) groups excluding carboxylic acids is 4. The van der Waals surface area contributed by atoms with E-state index in [0.29, 0.717) is 37.3 Å². The Morgan fingerprint density at radius 2 is 0.754 bits per heavy atom. The quantitative estimate of drug-likeness (QED) is 0.303. The molecule has 14 nitrogen and oxygen atoms in total. The first kappa shape index (κ1) is 50.3. The lowest BCUT2D eigenvalue weighted by Gasteiger charge is -2.38. The van der Waals surface area contributed by atoms with Crippen LogP contribution in [0, 0.1) is 0 Å². The van der Waals surface area contributed by atoms with Crippen LogP contribution in [0.5, 0.6) is 0 Å². The number of likely N-dealkylation sites (tertiary alicyclic amines) is 1. The Balaban J connectivity index is 0.000000265. The highest BCUT2D eigenvalue weighted by Crippen LogP contribution is 2.42. The minimum absolute atomic E-state index is 0. The number of hydrogen-bond acceptors (Lipinski definition) is 10. The van der Waals surface area contributed by atoms with Gasteiger partial charge in [-0.1, -0.05) is 13.8 Å². The van der Waals surface area contributed by atoms with Crippen molar-refractivity contribution in [2.45, 2.75) is 163 Å². The van der Waals surface area contributed by atoms with E-state index in [1.165, 1.54) is 58.0 Å². The van der Waals surface area contributed by atoms with E-state index in [9.17, 15) is 19.2 Å². The van der Waals surface area contributed by atoms with Crippen molar-refractivity contribution in [1.82, 2.24) is 34.7 Å². The molecule has 6 aliphatic rings. The number of piperidine rings is 1. The zero-order valence-corrected chi connectivity index (χ0v) is 37.4. The molecular weight excluding hydrogens is 727 g/mol. The number of ether oxygens (including phenoxy) is 3. The van der Waals surface area contributed by atoms with E-state index in [-0.39, 0.29) is 37.2 Å². The summed E-state index contributed by atoms with van der Waals surface area (Å²) in [6.45, 7) is 35.0. The van der Waals surface area contributed by atoms with Gasteiger partial charge in [0, 0.05) is 96.5 Å². The molecule has 4 saturated heterocycles. The van der Waals surface area contributed by atoms with Crippen LogP contribution in [0.2, 0.25) is 0 Å². The zero-order chi connectivity index (χ0) is 42.0. The first-order valence-electron chi connectivity index (χ1n) is 21.3. The molecule has 0 aromatic heterocycles.